The summed E-state index contributed by atoms with van der Waals surface area (Å²) in [5.74, 6) is 1.33. The quantitative estimate of drug-likeness (QED) is 0.675. The molecule has 1 saturated heterocycles. The van der Waals surface area contributed by atoms with E-state index in [2.05, 4.69) is 30.9 Å². The molecule has 0 aliphatic carbocycles. The van der Waals surface area contributed by atoms with Crippen molar-refractivity contribution >= 4 is 5.97 Å². The molecule has 0 amide bonds. The van der Waals surface area contributed by atoms with E-state index in [4.69, 9.17) is 14.6 Å². The molecule has 1 N–H and O–H groups in total. The van der Waals surface area contributed by atoms with Crippen molar-refractivity contribution in [1.82, 2.24) is 9.80 Å². The van der Waals surface area contributed by atoms with Gasteiger partial charge in [0.1, 0.15) is 0 Å². The third-order valence-electron chi connectivity index (χ3n) is 4.85. The smallest absolute Gasteiger partial charge is 0.317 e. The van der Waals surface area contributed by atoms with Gasteiger partial charge in [0.05, 0.1) is 19.8 Å². The minimum absolute atomic E-state index is 0.111. The number of rotatable bonds is 10. The summed E-state index contributed by atoms with van der Waals surface area (Å²) in [6.45, 7) is 10.5. The van der Waals surface area contributed by atoms with Crippen LogP contribution in [-0.2, 0) is 11.3 Å². The monoisotopic (exact) mass is 378 g/mol. The van der Waals surface area contributed by atoms with Crippen molar-refractivity contribution in [3.05, 3.63) is 23.8 Å². The van der Waals surface area contributed by atoms with Crippen molar-refractivity contribution in [2.75, 3.05) is 39.9 Å². The van der Waals surface area contributed by atoms with Gasteiger partial charge in [-0.05, 0) is 63.5 Å². The normalized spacial score (nSPS) is 16.1. The molecule has 0 bridgehead atoms. The highest BCUT2D eigenvalue weighted by Crippen LogP contribution is 2.30. The summed E-state index contributed by atoms with van der Waals surface area (Å²) in [5.41, 5.74) is 1.22. The van der Waals surface area contributed by atoms with Crippen molar-refractivity contribution in [3.63, 3.8) is 0 Å². The minimum Gasteiger partial charge on any atom is -0.490 e. The standard InChI is InChI=1S/C21H34N2O4/c1-5-26-20-12-17(6-7-19(20)27-15-16(2)3)13-23-10-8-18(9-11-23)22(4)14-21(24)25/h6-7,12,16,18H,5,8-11,13-15H2,1-4H3,(H,24,25). The van der Waals surface area contributed by atoms with Crippen LogP contribution in [0.5, 0.6) is 11.5 Å². The zero-order valence-corrected chi connectivity index (χ0v) is 17.1. The van der Waals surface area contributed by atoms with Crippen molar-refractivity contribution in [2.24, 2.45) is 5.92 Å². The van der Waals surface area contributed by atoms with Crippen LogP contribution in [0, 0.1) is 5.92 Å². The van der Waals surface area contributed by atoms with Crippen LogP contribution in [0.2, 0.25) is 0 Å². The van der Waals surface area contributed by atoms with E-state index in [1.54, 1.807) is 0 Å². The Morgan fingerprint density at radius 2 is 1.96 bits per heavy atom. The Labute approximate surface area is 163 Å². The Morgan fingerprint density at radius 3 is 2.56 bits per heavy atom. The molecule has 6 nitrogen and oxygen atoms in total. The maximum absolute atomic E-state index is 10.9. The van der Waals surface area contributed by atoms with Crippen LogP contribution in [0.15, 0.2) is 18.2 Å². The highest BCUT2D eigenvalue weighted by Gasteiger charge is 2.23. The van der Waals surface area contributed by atoms with Gasteiger partial charge in [-0.15, -0.1) is 0 Å². The van der Waals surface area contributed by atoms with Crippen LogP contribution in [-0.4, -0.2) is 66.8 Å². The van der Waals surface area contributed by atoms with Gasteiger partial charge in [-0.25, -0.2) is 0 Å². The van der Waals surface area contributed by atoms with E-state index in [1.165, 1.54) is 5.56 Å². The van der Waals surface area contributed by atoms with Crippen molar-refractivity contribution < 1.29 is 19.4 Å². The lowest BCUT2D eigenvalue weighted by Crippen LogP contribution is -2.44. The van der Waals surface area contributed by atoms with E-state index >= 15 is 0 Å². The minimum atomic E-state index is -0.761. The maximum atomic E-state index is 10.9. The van der Waals surface area contributed by atoms with Crippen LogP contribution in [0.3, 0.4) is 0 Å². The highest BCUT2D eigenvalue weighted by atomic mass is 16.5. The summed E-state index contributed by atoms with van der Waals surface area (Å²) in [5, 5.41) is 8.95. The van der Waals surface area contributed by atoms with Crippen LogP contribution >= 0.6 is 0 Å². The lowest BCUT2D eigenvalue weighted by Gasteiger charge is -2.36. The van der Waals surface area contributed by atoms with E-state index in [0.717, 1.165) is 44.0 Å². The molecule has 1 heterocycles. The third kappa shape index (κ3) is 7.03. The second-order valence-corrected chi connectivity index (χ2v) is 7.74. The molecule has 0 saturated carbocycles. The second-order valence-electron chi connectivity index (χ2n) is 7.74. The van der Waals surface area contributed by atoms with Crippen molar-refractivity contribution in [2.45, 2.75) is 46.2 Å². The Bertz CT molecular complexity index is 598. The third-order valence-corrected chi connectivity index (χ3v) is 4.85. The summed E-state index contributed by atoms with van der Waals surface area (Å²) < 4.78 is 11.7. The van der Waals surface area contributed by atoms with E-state index in [-0.39, 0.29) is 6.54 Å². The summed E-state index contributed by atoms with van der Waals surface area (Å²) >= 11 is 0. The van der Waals surface area contributed by atoms with E-state index in [0.29, 0.717) is 25.2 Å². The number of nitrogens with zero attached hydrogens (tertiary/aromatic N) is 2. The first-order valence-corrected chi connectivity index (χ1v) is 9.92. The molecule has 1 fully saturated rings. The predicted octanol–water partition coefficient (Wildman–Crippen LogP) is 3.10. The number of ether oxygens (including phenoxy) is 2. The molecule has 6 heteroatoms. The zero-order valence-electron chi connectivity index (χ0n) is 17.1. The highest BCUT2D eigenvalue weighted by molar-refractivity contribution is 5.69. The largest absolute Gasteiger partial charge is 0.490 e. The number of hydrogen-bond donors (Lipinski definition) is 1. The first-order chi connectivity index (χ1) is 12.9. The molecule has 1 aromatic rings. The molecule has 0 spiro atoms. The Kier molecular flexibility index (Phi) is 8.38. The Morgan fingerprint density at radius 1 is 1.26 bits per heavy atom. The summed E-state index contributed by atoms with van der Waals surface area (Å²) in [6, 6.07) is 6.56. The molecule has 1 aromatic carbocycles. The molecule has 0 unspecified atom stereocenters. The SMILES string of the molecule is CCOc1cc(CN2CCC(N(C)CC(=O)O)CC2)ccc1OCC(C)C. The second kappa shape index (κ2) is 10.5. The molecule has 1 aliphatic rings. The first-order valence-electron chi connectivity index (χ1n) is 9.92. The summed E-state index contributed by atoms with van der Waals surface area (Å²) in [6.07, 6.45) is 2.00. The topological polar surface area (TPSA) is 62.2 Å². The fourth-order valence-electron chi connectivity index (χ4n) is 3.41. The average molecular weight is 379 g/mol. The number of carbonyl (C=O) groups is 1. The molecule has 1 aliphatic heterocycles. The van der Waals surface area contributed by atoms with Crippen LogP contribution in [0.25, 0.3) is 0 Å². The number of hydrogen-bond acceptors (Lipinski definition) is 5. The lowest BCUT2D eigenvalue weighted by atomic mass is 10.0. The molecular formula is C21H34N2O4. The van der Waals surface area contributed by atoms with Gasteiger partial charge in [0.15, 0.2) is 11.5 Å². The van der Waals surface area contributed by atoms with Gasteiger partial charge in [-0.2, -0.15) is 0 Å². The molecule has 27 heavy (non-hydrogen) atoms. The van der Waals surface area contributed by atoms with Gasteiger partial charge in [-0.1, -0.05) is 19.9 Å². The maximum Gasteiger partial charge on any atom is 0.317 e. The number of aliphatic carboxylic acids is 1. The molecule has 152 valence electrons. The fraction of sp³-hybridized carbons (Fsp3) is 0.667. The first kappa shape index (κ1) is 21.5. The van der Waals surface area contributed by atoms with Gasteiger partial charge in [-0.3, -0.25) is 14.6 Å². The lowest BCUT2D eigenvalue weighted by molar-refractivity contribution is -0.138. The van der Waals surface area contributed by atoms with E-state index in [1.807, 2.05) is 24.9 Å². The Hall–Kier alpha value is -1.79. The number of benzene rings is 1. The van der Waals surface area contributed by atoms with Crippen LogP contribution < -0.4 is 9.47 Å². The Balaban J connectivity index is 1.91. The van der Waals surface area contributed by atoms with Gasteiger partial charge in [0.25, 0.3) is 0 Å². The number of piperidine rings is 1. The van der Waals surface area contributed by atoms with Gasteiger partial charge < -0.3 is 14.6 Å². The zero-order chi connectivity index (χ0) is 19.8. The summed E-state index contributed by atoms with van der Waals surface area (Å²) in [7, 11) is 1.90. The molecule has 0 radical (unpaired) electrons. The number of carboxylic acids is 1. The molecular weight excluding hydrogens is 344 g/mol. The van der Waals surface area contributed by atoms with Crippen LogP contribution in [0.4, 0.5) is 0 Å². The number of carboxylic acid groups (broad SMARTS) is 1. The summed E-state index contributed by atoms with van der Waals surface area (Å²) in [4.78, 5) is 15.3. The van der Waals surface area contributed by atoms with Crippen molar-refractivity contribution in [1.29, 1.82) is 0 Å². The predicted molar refractivity (Wildman–Crippen MR) is 107 cm³/mol. The van der Waals surface area contributed by atoms with E-state index in [9.17, 15) is 4.79 Å². The van der Waals surface area contributed by atoms with Gasteiger partial charge in [0.2, 0.25) is 0 Å². The molecule has 2 rings (SSSR count). The van der Waals surface area contributed by atoms with E-state index < -0.39 is 5.97 Å². The van der Waals surface area contributed by atoms with Gasteiger partial charge in [0, 0.05) is 12.6 Å². The molecule has 0 atom stereocenters. The van der Waals surface area contributed by atoms with Crippen LogP contribution in [0.1, 0.15) is 39.2 Å². The van der Waals surface area contributed by atoms with Gasteiger partial charge >= 0.3 is 5.97 Å². The average Bonchev–Trinajstić information content (AvgIpc) is 2.61. The van der Waals surface area contributed by atoms with Crippen molar-refractivity contribution in [3.8, 4) is 11.5 Å². The molecule has 0 aromatic heterocycles. The number of likely N-dealkylation sites (tertiary alicyclic amines) is 1. The number of likely N-dealkylation sites (N-methyl/N-ethyl adjacent to an activating group) is 1. The fourth-order valence-corrected chi connectivity index (χ4v) is 3.41.